The van der Waals surface area contributed by atoms with E-state index in [0.29, 0.717) is 24.5 Å². The standard InChI is InChI=1S/C14H18BrN5O/c1-3-8-16-12-18-13(20-14(19-12)21-2)17-9-10-6-4-5-7-11(10)15/h4-7H,3,8-9H2,1-2H3,(H2,16,17,18,19,20). The summed E-state index contributed by atoms with van der Waals surface area (Å²) in [5.41, 5.74) is 1.12. The van der Waals surface area contributed by atoms with Crippen molar-refractivity contribution in [1.29, 1.82) is 0 Å². The maximum atomic E-state index is 5.10. The van der Waals surface area contributed by atoms with Gasteiger partial charge in [0.2, 0.25) is 11.9 Å². The average molecular weight is 352 g/mol. The molecule has 1 aromatic heterocycles. The number of halogens is 1. The molecule has 7 heteroatoms. The van der Waals surface area contributed by atoms with Gasteiger partial charge in [0.05, 0.1) is 7.11 Å². The molecule has 0 amide bonds. The molecule has 0 spiro atoms. The van der Waals surface area contributed by atoms with E-state index < -0.39 is 0 Å². The van der Waals surface area contributed by atoms with Crippen molar-refractivity contribution in [2.24, 2.45) is 0 Å². The molecule has 112 valence electrons. The molecule has 0 aliphatic heterocycles. The number of hydrogen-bond donors (Lipinski definition) is 2. The number of ether oxygens (including phenoxy) is 1. The number of anilines is 2. The summed E-state index contributed by atoms with van der Waals surface area (Å²) >= 11 is 3.52. The van der Waals surface area contributed by atoms with Gasteiger partial charge in [-0.25, -0.2) is 0 Å². The number of methoxy groups -OCH3 is 1. The molecule has 2 aromatic rings. The van der Waals surface area contributed by atoms with E-state index >= 15 is 0 Å². The number of rotatable bonds is 7. The molecular formula is C14H18BrN5O. The van der Waals surface area contributed by atoms with Crippen molar-refractivity contribution in [2.75, 3.05) is 24.3 Å². The molecule has 0 atom stereocenters. The minimum atomic E-state index is 0.290. The third kappa shape index (κ3) is 4.56. The molecule has 0 saturated carbocycles. The van der Waals surface area contributed by atoms with E-state index in [0.717, 1.165) is 23.0 Å². The normalized spacial score (nSPS) is 10.2. The van der Waals surface area contributed by atoms with Gasteiger partial charge in [-0.3, -0.25) is 0 Å². The summed E-state index contributed by atoms with van der Waals surface area (Å²) in [4.78, 5) is 12.7. The summed E-state index contributed by atoms with van der Waals surface area (Å²) < 4.78 is 6.14. The SMILES string of the molecule is CCCNc1nc(NCc2ccccc2Br)nc(OC)n1. The third-order valence-electron chi connectivity index (χ3n) is 2.73. The first kappa shape index (κ1) is 15.5. The quantitative estimate of drug-likeness (QED) is 0.798. The number of hydrogen-bond acceptors (Lipinski definition) is 6. The molecular weight excluding hydrogens is 334 g/mol. The van der Waals surface area contributed by atoms with Gasteiger partial charge in [0.1, 0.15) is 0 Å². The Labute approximate surface area is 132 Å². The summed E-state index contributed by atoms with van der Waals surface area (Å²) in [7, 11) is 1.54. The van der Waals surface area contributed by atoms with Crippen LogP contribution in [0.1, 0.15) is 18.9 Å². The molecule has 1 aromatic carbocycles. The van der Waals surface area contributed by atoms with E-state index in [1.54, 1.807) is 0 Å². The van der Waals surface area contributed by atoms with Gasteiger partial charge in [0.15, 0.2) is 0 Å². The predicted octanol–water partition coefficient (Wildman–Crippen LogP) is 3.08. The first-order valence-electron chi connectivity index (χ1n) is 6.74. The minimum Gasteiger partial charge on any atom is -0.467 e. The van der Waals surface area contributed by atoms with Crippen LogP contribution in [-0.4, -0.2) is 28.6 Å². The second kappa shape index (κ2) is 7.78. The predicted molar refractivity (Wildman–Crippen MR) is 86.6 cm³/mol. The van der Waals surface area contributed by atoms with Crippen LogP contribution in [0.25, 0.3) is 0 Å². The van der Waals surface area contributed by atoms with Crippen LogP contribution >= 0.6 is 15.9 Å². The summed E-state index contributed by atoms with van der Waals surface area (Å²) in [6.45, 7) is 3.50. The first-order chi connectivity index (χ1) is 10.2. The zero-order valence-corrected chi connectivity index (χ0v) is 13.6. The highest BCUT2D eigenvalue weighted by Gasteiger charge is 2.07. The largest absolute Gasteiger partial charge is 0.467 e. The third-order valence-corrected chi connectivity index (χ3v) is 3.50. The second-order valence-electron chi connectivity index (χ2n) is 4.34. The lowest BCUT2D eigenvalue weighted by atomic mass is 10.2. The number of nitrogens with zero attached hydrogens (tertiary/aromatic N) is 3. The average Bonchev–Trinajstić information content (AvgIpc) is 2.52. The Hall–Kier alpha value is -1.89. The van der Waals surface area contributed by atoms with E-state index in [2.05, 4.69) is 48.4 Å². The summed E-state index contributed by atoms with van der Waals surface area (Å²) in [5, 5.41) is 6.31. The Bertz CT molecular complexity index is 593. The van der Waals surface area contributed by atoms with Crippen molar-refractivity contribution in [3.63, 3.8) is 0 Å². The molecule has 6 nitrogen and oxygen atoms in total. The van der Waals surface area contributed by atoms with E-state index in [1.165, 1.54) is 7.11 Å². The Morgan fingerprint density at radius 1 is 1.10 bits per heavy atom. The monoisotopic (exact) mass is 351 g/mol. The Balaban J connectivity index is 2.09. The van der Waals surface area contributed by atoms with E-state index in [-0.39, 0.29) is 0 Å². The summed E-state index contributed by atoms with van der Waals surface area (Å²) in [6, 6.07) is 8.29. The molecule has 0 unspecified atom stereocenters. The molecule has 0 fully saturated rings. The van der Waals surface area contributed by atoms with E-state index in [9.17, 15) is 0 Å². The van der Waals surface area contributed by atoms with Crippen LogP contribution in [0.2, 0.25) is 0 Å². The maximum absolute atomic E-state index is 5.10. The van der Waals surface area contributed by atoms with Crippen molar-refractivity contribution in [2.45, 2.75) is 19.9 Å². The molecule has 1 heterocycles. The molecule has 0 saturated heterocycles. The molecule has 2 rings (SSSR count). The number of benzene rings is 1. The van der Waals surface area contributed by atoms with Crippen LogP contribution in [0.5, 0.6) is 6.01 Å². The number of aromatic nitrogens is 3. The number of nitrogens with one attached hydrogen (secondary N) is 2. The Morgan fingerprint density at radius 3 is 2.48 bits per heavy atom. The molecule has 0 aliphatic rings. The molecule has 0 bridgehead atoms. The van der Waals surface area contributed by atoms with Gasteiger partial charge in [-0.15, -0.1) is 0 Å². The maximum Gasteiger partial charge on any atom is 0.322 e. The topological polar surface area (TPSA) is 72.0 Å². The fourth-order valence-electron chi connectivity index (χ4n) is 1.66. The van der Waals surface area contributed by atoms with E-state index in [4.69, 9.17) is 4.74 Å². The van der Waals surface area contributed by atoms with Gasteiger partial charge < -0.3 is 15.4 Å². The summed E-state index contributed by atoms with van der Waals surface area (Å²) in [6.07, 6.45) is 0.994. The van der Waals surface area contributed by atoms with Crippen LogP contribution < -0.4 is 15.4 Å². The molecule has 21 heavy (non-hydrogen) atoms. The lowest BCUT2D eigenvalue weighted by Crippen LogP contribution is -2.10. The molecule has 0 radical (unpaired) electrons. The smallest absolute Gasteiger partial charge is 0.322 e. The molecule has 2 N–H and O–H groups in total. The van der Waals surface area contributed by atoms with Gasteiger partial charge in [-0.2, -0.15) is 15.0 Å². The van der Waals surface area contributed by atoms with Crippen LogP contribution in [0, 0.1) is 0 Å². The zero-order valence-electron chi connectivity index (χ0n) is 12.1. The van der Waals surface area contributed by atoms with Crippen molar-refractivity contribution < 1.29 is 4.74 Å². The lowest BCUT2D eigenvalue weighted by Gasteiger charge is -2.10. The van der Waals surface area contributed by atoms with Crippen molar-refractivity contribution >= 4 is 27.8 Å². The van der Waals surface area contributed by atoms with Gasteiger partial charge in [-0.1, -0.05) is 41.1 Å². The van der Waals surface area contributed by atoms with E-state index in [1.807, 2.05) is 24.3 Å². The first-order valence-corrected chi connectivity index (χ1v) is 7.53. The van der Waals surface area contributed by atoms with Crippen molar-refractivity contribution in [1.82, 2.24) is 15.0 Å². The fraction of sp³-hybridized carbons (Fsp3) is 0.357. The van der Waals surface area contributed by atoms with Crippen LogP contribution in [-0.2, 0) is 6.54 Å². The van der Waals surface area contributed by atoms with Gasteiger partial charge >= 0.3 is 6.01 Å². The highest BCUT2D eigenvalue weighted by atomic mass is 79.9. The van der Waals surface area contributed by atoms with Crippen molar-refractivity contribution in [3.05, 3.63) is 34.3 Å². The highest BCUT2D eigenvalue weighted by Crippen LogP contribution is 2.17. The van der Waals surface area contributed by atoms with Gasteiger partial charge in [-0.05, 0) is 18.1 Å². The Kier molecular flexibility index (Phi) is 5.74. The highest BCUT2D eigenvalue weighted by molar-refractivity contribution is 9.10. The van der Waals surface area contributed by atoms with Crippen LogP contribution in [0.4, 0.5) is 11.9 Å². The second-order valence-corrected chi connectivity index (χ2v) is 5.20. The lowest BCUT2D eigenvalue weighted by molar-refractivity contribution is 0.379. The summed E-state index contributed by atoms with van der Waals surface area (Å²) in [5.74, 6) is 0.995. The van der Waals surface area contributed by atoms with Gasteiger partial charge in [0, 0.05) is 17.6 Å². The van der Waals surface area contributed by atoms with Crippen LogP contribution in [0.3, 0.4) is 0 Å². The Morgan fingerprint density at radius 2 is 1.81 bits per heavy atom. The van der Waals surface area contributed by atoms with Gasteiger partial charge in [0.25, 0.3) is 0 Å². The van der Waals surface area contributed by atoms with Crippen molar-refractivity contribution in [3.8, 4) is 6.01 Å². The fourth-order valence-corrected chi connectivity index (χ4v) is 2.08. The zero-order chi connectivity index (χ0) is 15.1. The minimum absolute atomic E-state index is 0.290. The van der Waals surface area contributed by atoms with Crippen LogP contribution in [0.15, 0.2) is 28.7 Å². The molecule has 0 aliphatic carbocycles.